The van der Waals surface area contributed by atoms with E-state index in [1.165, 1.54) is 6.26 Å². The quantitative estimate of drug-likeness (QED) is 0.796. The van der Waals surface area contributed by atoms with Gasteiger partial charge in [0.2, 0.25) is 0 Å². The molecule has 0 saturated carbocycles. The highest BCUT2D eigenvalue weighted by Gasteiger charge is 2.02. The van der Waals surface area contributed by atoms with Crippen LogP contribution in [-0.2, 0) is 25.1 Å². The fraction of sp³-hybridized carbons (Fsp3) is 0.462. The molecule has 1 aromatic carbocycles. The van der Waals surface area contributed by atoms with E-state index < -0.39 is 16.0 Å². The summed E-state index contributed by atoms with van der Waals surface area (Å²) < 4.78 is 30.4. The molecule has 0 heterocycles. The fourth-order valence-electron chi connectivity index (χ4n) is 1.15. The second kappa shape index (κ2) is 9.38. The molecule has 0 spiro atoms. The molecule has 5 nitrogen and oxygen atoms in total. The van der Waals surface area contributed by atoms with Crippen molar-refractivity contribution in [2.24, 2.45) is 0 Å². The average molecular weight is 288 g/mol. The van der Waals surface area contributed by atoms with Gasteiger partial charge in [-0.3, -0.25) is 0 Å². The molecule has 0 unspecified atom stereocenters. The van der Waals surface area contributed by atoms with Crippen LogP contribution in [-0.4, -0.2) is 34.0 Å². The summed E-state index contributed by atoms with van der Waals surface area (Å²) in [5.74, 6) is 0.133. The number of ether oxygens (including phenoxy) is 2. The fourth-order valence-corrected chi connectivity index (χ4v) is 1.95. The molecule has 0 bridgehead atoms. The number of rotatable bonds is 4. The van der Waals surface area contributed by atoms with E-state index in [9.17, 15) is 13.2 Å². The number of hydrogen-bond acceptors (Lipinski definition) is 5. The summed E-state index contributed by atoms with van der Waals surface area (Å²) in [6.45, 7) is 4.21. The molecule has 6 heteroatoms. The normalized spacial score (nSPS) is 10.1. The van der Waals surface area contributed by atoms with Gasteiger partial charge in [0.05, 0.1) is 19.0 Å². The second-order valence-corrected chi connectivity index (χ2v) is 5.81. The first-order valence-corrected chi connectivity index (χ1v) is 7.96. The summed E-state index contributed by atoms with van der Waals surface area (Å²) in [6, 6.07) is 9.15. The molecule has 0 aliphatic heterocycles. The lowest BCUT2D eigenvalue weighted by molar-refractivity contribution is 0.0630. The maximum atomic E-state index is 10.8. The third kappa shape index (κ3) is 11.3. The number of benzene rings is 1. The van der Waals surface area contributed by atoms with E-state index in [1.54, 1.807) is 26.0 Å². The Bertz CT molecular complexity index is 445. The van der Waals surface area contributed by atoms with E-state index in [4.69, 9.17) is 0 Å². The van der Waals surface area contributed by atoms with Crippen molar-refractivity contribution in [3.8, 4) is 0 Å². The van der Waals surface area contributed by atoms with Crippen LogP contribution in [0.15, 0.2) is 30.3 Å². The Morgan fingerprint density at radius 1 is 1.05 bits per heavy atom. The van der Waals surface area contributed by atoms with E-state index in [0.29, 0.717) is 13.2 Å². The van der Waals surface area contributed by atoms with Crippen molar-refractivity contribution in [1.29, 1.82) is 0 Å². The summed E-state index contributed by atoms with van der Waals surface area (Å²) in [7, 11) is -2.88. The van der Waals surface area contributed by atoms with Crippen LogP contribution in [0.2, 0.25) is 0 Å². The van der Waals surface area contributed by atoms with Gasteiger partial charge in [-0.25, -0.2) is 13.2 Å². The van der Waals surface area contributed by atoms with Crippen molar-refractivity contribution in [1.82, 2.24) is 0 Å². The van der Waals surface area contributed by atoms with Crippen molar-refractivity contribution in [2.45, 2.75) is 19.6 Å². The molecular weight excluding hydrogens is 268 g/mol. The maximum absolute atomic E-state index is 10.8. The maximum Gasteiger partial charge on any atom is 0.508 e. The molecule has 0 aliphatic rings. The van der Waals surface area contributed by atoms with Crippen molar-refractivity contribution >= 4 is 16.0 Å². The number of hydrogen-bond donors (Lipinski definition) is 0. The third-order valence-corrected chi connectivity index (χ3v) is 2.65. The van der Waals surface area contributed by atoms with Crippen LogP contribution in [0.1, 0.15) is 19.4 Å². The van der Waals surface area contributed by atoms with Gasteiger partial charge in [-0.2, -0.15) is 0 Å². The van der Waals surface area contributed by atoms with Gasteiger partial charge in [-0.05, 0) is 19.4 Å². The van der Waals surface area contributed by atoms with E-state index in [1.807, 2.05) is 18.2 Å². The standard InChI is InChI=1S/C8H10O2S.C5H10O3/c1-11(9,10)7-8-5-3-2-4-6-8;1-3-7-5(6)8-4-2/h2-6H,7H2,1H3;3-4H2,1-2H3. The van der Waals surface area contributed by atoms with Crippen LogP contribution in [0.4, 0.5) is 4.79 Å². The lowest BCUT2D eigenvalue weighted by Crippen LogP contribution is -2.05. The second-order valence-electron chi connectivity index (χ2n) is 3.67. The predicted octanol–water partition coefficient (Wildman–Crippen LogP) is 2.41. The highest BCUT2D eigenvalue weighted by molar-refractivity contribution is 7.89. The van der Waals surface area contributed by atoms with Crippen molar-refractivity contribution in [2.75, 3.05) is 19.5 Å². The number of carbonyl (C=O) groups is 1. The Morgan fingerprint density at radius 2 is 1.53 bits per heavy atom. The molecule has 108 valence electrons. The summed E-state index contributed by atoms with van der Waals surface area (Å²) >= 11 is 0. The van der Waals surface area contributed by atoms with Gasteiger partial charge < -0.3 is 9.47 Å². The molecule has 0 saturated heterocycles. The average Bonchev–Trinajstić information content (AvgIpc) is 2.29. The molecule has 0 aromatic heterocycles. The highest BCUT2D eigenvalue weighted by Crippen LogP contribution is 2.02. The topological polar surface area (TPSA) is 69.7 Å². The van der Waals surface area contributed by atoms with Crippen LogP contribution in [0.25, 0.3) is 0 Å². The number of carbonyl (C=O) groups excluding carboxylic acids is 1. The zero-order valence-electron chi connectivity index (χ0n) is 11.5. The first kappa shape index (κ1) is 17.4. The Balaban J connectivity index is 0.000000362. The Kier molecular flexibility index (Phi) is 8.61. The van der Waals surface area contributed by atoms with Crippen molar-refractivity contribution in [3.63, 3.8) is 0 Å². The first-order chi connectivity index (χ1) is 8.89. The van der Waals surface area contributed by atoms with Gasteiger partial charge >= 0.3 is 6.16 Å². The third-order valence-electron chi connectivity index (χ3n) is 1.80. The minimum Gasteiger partial charge on any atom is -0.435 e. The Labute approximate surface area is 114 Å². The van der Waals surface area contributed by atoms with Crippen LogP contribution in [0, 0.1) is 0 Å². The highest BCUT2D eigenvalue weighted by atomic mass is 32.2. The van der Waals surface area contributed by atoms with Gasteiger partial charge in [0.1, 0.15) is 0 Å². The van der Waals surface area contributed by atoms with Gasteiger partial charge in [0.25, 0.3) is 0 Å². The van der Waals surface area contributed by atoms with E-state index >= 15 is 0 Å². The first-order valence-electron chi connectivity index (χ1n) is 5.90. The zero-order valence-corrected chi connectivity index (χ0v) is 12.3. The van der Waals surface area contributed by atoms with Gasteiger partial charge in [0, 0.05) is 6.26 Å². The lowest BCUT2D eigenvalue weighted by atomic mass is 10.2. The molecule has 0 amide bonds. The van der Waals surface area contributed by atoms with Gasteiger partial charge in [0.15, 0.2) is 9.84 Å². The largest absolute Gasteiger partial charge is 0.508 e. The molecular formula is C13H20O5S. The van der Waals surface area contributed by atoms with Gasteiger partial charge in [-0.15, -0.1) is 0 Å². The van der Waals surface area contributed by atoms with Gasteiger partial charge in [-0.1, -0.05) is 30.3 Å². The van der Waals surface area contributed by atoms with E-state index in [2.05, 4.69) is 9.47 Å². The summed E-state index contributed by atoms with van der Waals surface area (Å²) in [5.41, 5.74) is 0.843. The summed E-state index contributed by atoms with van der Waals surface area (Å²) in [5, 5.41) is 0. The SMILES string of the molecule is CCOC(=O)OCC.CS(=O)(=O)Cc1ccccc1. The molecule has 19 heavy (non-hydrogen) atoms. The van der Waals surface area contributed by atoms with Crippen LogP contribution >= 0.6 is 0 Å². The molecule has 1 rings (SSSR count). The van der Waals surface area contributed by atoms with Crippen molar-refractivity contribution < 1.29 is 22.7 Å². The zero-order chi connectivity index (χ0) is 14.7. The monoisotopic (exact) mass is 288 g/mol. The minimum atomic E-state index is -2.88. The molecule has 1 aromatic rings. The van der Waals surface area contributed by atoms with Crippen LogP contribution < -0.4 is 0 Å². The summed E-state index contributed by atoms with van der Waals surface area (Å²) in [4.78, 5) is 10.2. The van der Waals surface area contributed by atoms with E-state index in [-0.39, 0.29) is 5.75 Å². The molecule has 0 atom stereocenters. The van der Waals surface area contributed by atoms with Crippen LogP contribution in [0.3, 0.4) is 0 Å². The minimum absolute atomic E-state index is 0.133. The molecule has 0 N–H and O–H groups in total. The Morgan fingerprint density at radius 3 is 1.89 bits per heavy atom. The predicted molar refractivity (Wildman–Crippen MR) is 73.6 cm³/mol. The lowest BCUT2D eigenvalue weighted by Gasteiger charge is -1.98. The molecule has 0 radical (unpaired) electrons. The smallest absolute Gasteiger partial charge is 0.435 e. The van der Waals surface area contributed by atoms with Crippen molar-refractivity contribution in [3.05, 3.63) is 35.9 Å². The summed E-state index contributed by atoms with van der Waals surface area (Å²) in [6.07, 6.45) is 0.648. The van der Waals surface area contributed by atoms with Crippen LogP contribution in [0.5, 0.6) is 0 Å². The molecule has 0 aliphatic carbocycles. The molecule has 0 fully saturated rings. The Hall–Kier alpha value is -1.56. The van der Waals surface area contributed by atoms with E-state index in [0.717, 1.165) is 5.56 Å². The number of sulfone groups is 1.